The van der Waals surface area contributed by atoms with Gasteiger partial charge in [0.05, 0.1) is 10.6 Å². The topological polar surface area (TPSA) is 67.2 Å². The average molecular weight is 443 g/mol. The molecule has 0 atom stereocenters. The number of aromatic nitrogens is 2. The number of rotatable bonds is 5. The standard InChI is InChI=1S/C25H22N4O2S/c30-24(26-19-12-10-18(11-13-19)25(31)28-14-4-5-15-28)22-17-21(23-9-6-16-32-23)27-29(22)20-7-2-1-3-8-20/h1-3,6-13,16-17H,4-5,14-15H2,(H,26,30). The average Bonchev–Trinajstić information content (AvgIpc) is 3.61. The van der Waals surface area contributed by atoms with Gasteiger partial charge in [-0.15, -0.1) is 11.3 Å². The summed E-state index contributed by atoms with van der Waals surface area (Å²) in [5.41, 5.74) is 3.27. The van der Waals surface area contributed by atoms with Gasteiger partial charge in [-0.3, -0.25) is 9.59 Å². The molecule has 5 rings (SSSR count). The van der Waals surface area contributed by atoms with Gasteiger partial charge in [0.25, 0.3) is 11.8 Å². The maximum absolute atomic E-state index is 13.2. The van der Waals surface area contributed by atoms with Crippen LogP contribution in [0.4, 0.5) is 5.69 Å². The molecular formula is C25H22N4O2S. The SMILES string of the molecule is O=C(Nc1ccc(C(=O)N2CCCC2)cc1)c1cc(-c2cccs2)nn1-c1ccccc1. The van der Waals surface area contributed by atoms with Crippen LogP contribution in [-0.2, 0) is 0 Å². The number of anilines is 1. The summed E-state index contributed by atoms with van der Waals surface area (Å²) in [4.78, 5) is 28.6. The summed E-state index contributed by atoms with van der Waals surface area (Å²) in [6.07, 6.45) is 2.12. The lowest BCUT2D eigenvalue weighted by atomic mass is 10.2. The smallest absolute Gasteiger partial charge is 0.274 e. The number of likely N-dealkylation sites (tertiary alicyclic amines) is 1. The minimum absolute atomic E-state index is 0.0446. The molecule has 0 aliphatic carbocycles. The number of carbonyl (C=O) groups is 2. The van der Waals surface area contributed by atoms with Gasteiger partial charge >= 0.3 is 0 Å². The van der Waals surface area contributed by atoms with Gasteiger partial charge in [-0.2, -0.15) is 5.10 Å². The van der Waals surface area contributed by atoms with E-state index in [1.807, 2.05) is 52.7 Å². The van der Waals surface area contributed by atoms with Crippen LogP contribution in [-0.4, -0.2) is 39.6 Å². The van der Waals surface area contributed by atoms with E-state index in [-0.39, 0.29) is 11.8 Å². The van der Waals surface area contributed by atoms with Crippen LogP contribution in [0.5, 0.6) is 0 Å². The van der Waals surface area contributed by atoms with E-state index in [0.717, 1.165) is 42.2 Å². The zero-order valence-electron chi connectivity index (χ0n) is 17.4. The van der Waals surface area contributed by atoms with Gasteiger partial charge in [0.15, 0.2) is 0 Å². The fourth-order valence-corrected chi connectivity index (χ4v) is 4.53. The Morgan fingerprint density at radius 1 is 0.906 bits per heavy atom. The first-order valence-corrected chi connectivity index (χ1v) is 11.5. The van der Waals surface area contributed by atoms with Crippen LogP contribution < -0.4 is 5.32 Å². The number of para-hydroxylation sites is 1. The lowest BCUT2D eigenvalue weighted by molar-refractivity contribution is 0.0792. The molecule has 2 aromatic carbocycles. The molecule has 0 radical (unpaired) electrons. The minimum Gasteiger partial charge on any atom is -0.339 e. The predicted octanol–water partition coefficient (Wildman–Crippen LogP) is 5.09. The molecule has 0 spiro atoms. The number of benzene rings is 2. The Morgan fingerprint density at radius 2 is 1.66 bits per heavy atom. The summed E-state index contributed by atoms with van der Waals surface area (Å²) in [5.74, 6) is -0.217. The Balaban J connectivity index is 1.40. The molecule has 32 heavy (non-hydrogen) atoms. The number of hydrogen-bond donors (Lipinski definition) is 1. The van der Waals surface area contributed by atoms with Gasteiger partial charge in [-0.1, -0.05) is 24.3 Å². The summed E-state index contributed by atoms with van der Waals surface area (Å²) >= 11 is 1.58. The first-order chi connectivity index (χ1) is 15.7. The van der Waals surface area contributed by atoms with Crippen molar-refractivity contribution in [1.29, 1.82) is 0 Å². The second-order valence-corrected chi connectivity index (χ2v) is 8.62. The van der Waals surface area contributed by atoms with E-state index in [1.165, 1.54) is 0 Å². The molecule has 6 nitrogen and oxygen atoms in total. The number of carbonyl (C=O) groups excluding carboxylic acids is 2. The second-order valence-electron chi connectivity index (χ2n) is 7.67. The van der Waals surface area contributed by atoms with Gasteiger partial charge in [0.1, 0.15) is 11.4 Å². The van der Waals surface area contributed by atoms with Crippen molar-refractivity contribution >= 4 is 28.8 Å². The van der Waals surface area contributed by atoms with E-state index >= 15 is 0 Å². The van der Waals surface area contributed by atoms with Crippen molar-refractivity contribution in [2.24, 2.45) is 0 Å². The summed E-state index contributed by atoms with van der Waals surface area (Å²) in [6, 6.07) is 22.4. The summed E-state index contributed by atoms with van der Waals surface area (Å²) in [5, 5.41) is 9.61. The first kappa shape index (κ1) is 20.2. The molecule has 0 unspecified atom stereocenters. The molecule has 1 aliphatic rings. The monoisotopic (exact) mass is 442 g/mol. The Bertz CT molecular complexity index is 1220. The van der Waals surface area contributed by atoms with Crippen molar-refractivity contribution in [3.05, 3.63) is 89.4 Å². The third-order valence-electron chi connectivity index (χ3n) is 5.50. The van der Waals surface area contributed by atoms with Gasteiger partial charge < -0.3 is 10.2 Å². The highest BCUT2D eigenvalue weighted by Crippen LogP contribution is 2.26. The third kappa shape index (κ3) is 4.07. The van der Waals surface area contributed by atoms with Crippen LogP contribution in [0.15, 0.2) is 78.2 Å². The summed E-state index contributed by atoms with van der Waals surface area (Å²) in [7, 11) is 0. The first-order valence-electron chi connectivity index (χ1n) is 10.6. The van der Waals surface area contributed by atoms with Gasteiger partial charge in [0.2, 0.25) is 0 Å². The molecule has 1 N–H and O–H groups in total. The molecule has 2 amide bonds. The molecule has 3 heterocycles. The molecule has 4 aromatic rings. The van der Waals surface area contributed by atoms with E-state index in [1.54, 1.807) is 46.4 Å². The molecule has 1 saturated heterocycles. The normalized spacial score (nSPS) is 13.3. The summed E-state index contributed by atoms with van der Waals surface area (Å²) in [6.45, 7) is 1.63. The Hall–Kier alpha value is -3.71. The van der Waals surface area contributed by atoms with E-state index in [9.17, 15) is 9.59 Å². The Kier molecular flexibility index (Phi) is 5.56. The van der Waals surface area contributed by atoms with Crippen molar-refractivity contribution < 1.29 is 9.59 Å². The molecular weight excluding hydrogens is 420 g/mol. The zero-order chi connectivity index (χ0) is 21.9. The van der Waals surface area contributed by atoms with Crippen LogP contribution in [0, 0.1) is 0 Å². The molecule has 0 bridgehead atoms. The van der Waals surface area contributed by atoms with Crippen LogP contribution in [0.3, 0.4) is 0 Å². The lowest BCUT2D eigenvalue weighted by Crippen LogP contribution is -2.27. The maximum atomic E-state index is 13.2. The fourth-order valence-electron chi connectivity index (χ4n) is 3.85. The number of hydrogen-bond acceptors (Lipinski definition) is 4. The van der Waals surface area contributed by atoms with Crippen molar-refractivity contribution in [1.82, 2.24) is 14.7 Å². The van der Waals surface area contributed by atoms with E-state index in [0.29, 0.717) is 16.9 Å². The van der Waals surface area contributed by atoms with Crippen molar-refractivity contribution in [3.63, 3.8) is 0 Å². The third-order valence-corrected chi connectivity index (χ3v) is 6.39. The zero-order valence-corrected chi connectivity index (χ0v) is 18.2. The van der Waals surface area contributed by atoms with E-state index in [2.05, 4.69) is 10.4 Å². The highest BCUT2D eigenvalue weighted by Gasteiger charge is 2.20. The number of nitrogens with one attached hydrogen (secondary N) is 1. The predicted molar refractivity (Wildman–Crippen MR) is 126 cm³/mol. The minimum atomic E-state index is -0.261. The lowest BCUT2D eigenvalue weighted by Gasteiger charge is -2.15. The van der Waals surface area contributed by atoms with E-state index < -0.39 is 0 Å². The van der Waals surface area contributed by atoms with Gasteiger partial charge in [-0.05, 0) is 66.8 Å². The van der Waals surface area contributed by atoms with Crippen molar-refractivity contribution in [3.8, 4) is 16.3 Å². The number of nitrogens with zero attached hydrogens (tertiary/aromatic N) is 3. The molecule has 0 saturated carbocycles. The summed E-state index contributed by atoms with van der Waals surface area (Å²) < 4.78 is 1.66. The Labute approximate surface area is 190 Å². The second kappa shape index (κ2) is 8.80. The van der Waals surface area contributed by atoms with Crippen molar-refractivity contribution in [2.75, 3.05) is 18.4 Å². The van der Waals surface area contributed by atoms with Crippen molar-refractivity contribution in [2.45, 2.75) is 12.8 Å². The number of thiophene rings is 1. The molecule has 7 heteroatoms. The molecule has 160 valence electrons. The quantitative estimate of drug-likeness (QED) is 0.468. The largest absolute Gasteiger partial charge is 0.339 e. The maximum Gasteiger partial charge on any atom is 0.274 e. The fraction of sp³-hybridized carbons (Fsp3) is 0.160. The van der Waals surface area contributed by atoms with Crippen LogP contribution in [0.1, 0.15) is 33.7 Å². The highest BCUT2D eigenvalue weighted by atomic mass is 32.1. The molecule has 1 aliphatic heterocycles. The van der Waals surface area contributed by atoms with Gasteiger partial charge in [0, 0.05) is 24.3 Å². The van der Waals surface area contributed by atoms with Gasteiger partial charge in [-0.25, -0.2) is 4.68 Å². The Morgan fingerprint density at radius 3 is 2.34 bits per heavy atom. The van der Waals surface area contributed by atoms with Crippen LogP contribution in [0.25, 0.3) is 16.3 Å². The van der Waals surface area contributed by atoms with Crippen LogP contribution in [0.2, 0.25) is 0 Å². The van der Waals surface area contributed by atoms with E-state index in [4.69, 9.17) is 0 Å². The number of amides is 2. The van der Waals surface area contributed by atoms with Crippen LogP contribution >= 0.6 is 11.3 Å². The highest BCUT2D eigenvalue weighted by molar-refractivity contribution is 7.13. The molecule has 1 fully saturated rings. The molecule has 2 aromatic heterocycles.